The summed E-state index contributed by atoms with van der Waals surface area (Å²) in [5, 5.41) is 20.2. The van der Waals surface area contributed by atoms with Crippen LogP contribution in [0.4, 0.5) is 10.1 Å². The predicted molar refractivity (Wildman–Crippen MR) is 48.0 cm³/mol. The van der Waals surface area contributed by atoms with Crippen LogP contribution in [0.2, 0.25) is 0 Å². The van der Waals surface area contributed by atoms with Crippen molar-refractivity contribution in [2.24, 2.45) is 0 Å². The van der Waals surface area contributed by atoms with Crippen LogP contribution >= 0.6 is 0 Å². The lowest BCUT2D eigenvalue weighted by Crippen LogP contribution is -2.23. The normalized spacial score (nSPS) is 12.5. The number of aliphatic hydroxyl groups excluding tert-OH is 2. The van der Waals surface area contributed by atoms with Crippen LogP contribution in [0, 0.1) is 5.82 Å². The van der Waals surface area contributed by atoms with E-state index in [4.69, 9.17) is 10.2 Å². The van der Waals surface area contributed by atoms with Gasteiger partial charge in [0.15, 0.2) is 0 Å². The molecule has 1 unspecified atom stereocenters. The van der Waals surface area contributed by atoms with E-state index >= 15 is 0 Å². The number of aliphatic hydroxyl groups is 2. The number of anilines is 1. The van der Waals surface area contributed by atoms with Crippen molar-refractivity contribution in [3.8, 4) is 0 Å². The topological polar surface area (TPSA) is 52.5 Å². The molecular weight excluding hydrogens is 173 g/mol. The first-order valence-corrected chi connectivity index (χ1v) is 4.01. The van der Waals surface area contributed by atoms with Crippen molar-refractivity contribution < 1.29 is 14.6 Å². The summed E-state index contributed by atoms with van der Waals surface area (Å²) in [5.74, 6) is -0.368. The third kappa shape index (κ3) is 3.01. The van der Waals surface area contributed by atoms with Crippen molar-refractivity contribution in [2.45, 2.75) is 6.10 Å². The van der Waals surface area contributed by atoms with Crippen LogP contribution in [-0.2, 0) is 0 Å². The standard InChI is InChI=1S/C9H12FNO2/c10-8-3-1-2-4-9(8)11-5-7(13)6-12/h1-4,7,11-13H,5-6H2. The summed E-state index contributed by atoms with van der Waals surface area (Å²) in [7, 11) is 0. The second-order valence-electron chi connectivity index (χ2n) is 2.70. The fraction of sp³-hybridized carbons (Fsp3) is 0.333. The molecule has 0 aromatic heterocycles. The van der Waals surface area contributed by atoms with Crippen LogP contribution in [0.1, 0.15) is 0 Å². The Hall–Kier alpha value is -1.13. The van der Waals surface area contributed by atoms with Gasteiger partial charge in [-0.25, -0.2) is 4.39 Å². The van der Waals surface area contributed by atoms with Gasteiger partial charge in [-0.3, -0.25) is 0 Å². The van der Waals surface area contributed by atoms with Gasteiger partial charge in [0.25, 0.3) is 0 Å². The first-order chi connectivity index (χ1) is 6.24. The highest BCUT2D eigenvalue weighted by Crippen LogP contribution is 2.11. The van der Waals surface area contributed by atoms with Gasteiger partial charge in [-0.1, -0.05) is 12.1 Å². The average molecular weight is 185 g/mol. The van der Waals surface area contributed by atoms with Gasteiger partial charge < -0.3 is 15.5 Å². The number of hydrogen-bond donors (Lipinski definition) is 3. The Morgan fingerprint density at radius 1 is 1.38 bits per heavy atom. The molecule has 1 aromatic carbocycles. The minimum atomic E-state index is -0.861. The van der Waals surface area contributed by atoms with Crippen molar-refractivity contribution >= 4 is 5.69 Å². The maximum absolute atomic E-state index is 12.9. The van der Waals surface area contributed by atoms with Gasteiger partial charge in [-0.15, -0.1) is 0 Å². The zero-order chi connectivity index (χ0) is 9.68. The molecule has 0 bridgehead atoms. The molecule has 4 heteroatoms. The molecule has 0 saturated heterocycles. The Morgan fingerprint density at radius 3 is 2.69 bits per heavy atom. The average Bonchev–Trinajstić information content (AvgIpc) is 2.16. The van der Waals surface area contributed by atoms with Crippen molar-refractivity contribution in [2.75, 3.05) is 18.5 Å². The Balaban J connectivity index is 2.50. The van der Waals surface area contributed by atoms with Crippen molar-refractivity contribution in [3.63, 3.8) is 0 Å². The maximum Gasteiger partial charge on any atom is 0.146 e. The smallest absolute Gasteiger partial charge is 0.146 e. The number of rotatable bonds is 4. The number of halogens is 1. The summed E-state index contributed by atoms with van der Waals surface area (Å²) in [6.45, 7) is -0.196. The molecular formula is C9H12FNO2. The number of para-hydroxylation sites is 1. The molecule has 0 aliphatic rings. The van der Waals surface area contributed by atoms with E-state index in [2.05, 4.69) is 5.32 Å². The Morgan fingerprint density at radius 2 is 2.08 bits per heavy atom. The van der Waals surface area contributed by atoms with Crippen molar-refractivity contribution in [1.29, 1.82) is 0 Å². The van der Waals surface area contributed by atoms with Gasteiger partial charge in [0.1, 0.15) is 5.82 Å². The lowest BCUT2D eigenvalue weighted by atomic mass is 10.3. The first kappa shape index (κ1) is 9.95. The van der Waals surface area contributed by atoms with Crippen LogP contribution in [0.5, 0.6) is 0 Å². The van der Waals surface area contributed by atoms with Crippen LogP contribution in [-0.4, -0.2) is 29.5 Å². The highest BCUT2D eigenvalue weighted by molar-refractivity contribution is 5.44. The molecule has 13 heavy (non-hydrogen) atoms. The second kappa shape index (κ2) is 4.79. The van der Waals surface area contributed by atoms with Gasteiger partial charge in [0, 0.05) is 6.54 Å². The molecule has 1 rings (SSSR count). The summed E-state index contributed by atoms with van der Waals surface area (Å²) in [6.07, 6.45) is -0.861. The van der Waals surface area contributed by atoms with Gasteiger partial charge in [0.05, 0.1) is 18.4 Å². The van der Waals surface area contributed by atoms with Gasteiger partial charge >= 0.3 is 0 Å². The van der Waals surface area contributed by atoms with Crippen molar-refractivity contribution in [3.05, 3.63) is 30.1 Å². The Kier molecular flexibility index (Phi) is 3.67. The summed E-state index contributed by atoms with van der Waals surface area (Å²) >= 11 is 0. The largest absolute Gasteiger partial charge is 0.394 e. The minimum absolute atomic E-state index is 0.136. The van der Waals surface area contributed by atoms with Gasteiger partial charge in [-0.05, 0) is 12.1 Å². The van der Waals surface area contributed by atoms with E-state index in [1.807, 2.05) is 0 Å². The van der Waals surface area contributed by atoms with Crippen LogP contribution in [0.15, 0.2) is 24.3 Å². The zero-order valence-corrected chi connectivity index (χ0v) is 7.07. The molecule has 1 atom stereocenters. The SMILES string of the molecule is OCC(O)CNc1ccccc1F. The first-order valence-electron chi connectivity index (χ1n) is 4.01. The second-order valence-corrected chi connectivity index (χ2v) is 2.70. The summed E-state index contributed by atoms with van der Waals surface area (Å²) in [4.78, 5) is 0. The number of hydrogen-bond acceptors (Lipinski definition) is 3. The Bertz CT molecular complexity index is 268. The van der Waals surface area contributed by atoms with E-state index in [9.17, 15) is 4.39 Å². The van der Waals surface area contributed by atoms with Crippen molar-refractivity contribution in [1.82, 2.24) is 0 Å². The maximum atomic E-state index is 12.9. The monoisotopic (exact) mass is 185 g/mol. The fourth-order valence-corrected chi connectivity index (χ4v) is 0.897. The van der Waals surface area contributed by atoms with Gasteiger partial charge in [-0.2, -0.15) is 0 Å². The third-order valence-electron chi connectivity index (χ3n) is 1.61. The lowest BCUT2D eigenvalue weighted by molar-refractivity contribution is 0.105. The van der Waals surface area contributed by atoms with E-state index in [0.717, 1.165) is 0 Å². The highest BCUT2D eigenvalue weighted by atomic mass is 19.1. The molecule has 0 saturated carbocycles. The zero-order valence-electron chi connectivity index (χ0n) is 7.07. The number of benzene rings is 1. The number of nitrogens with one attached hydrogen (secondary N) is 1. The van der Waals surface area contributed by atoms with Crippen LogP contribution in [0.3, 0.4) is 0 Å². The predicted octanol–water partition coefficient (Wildman–Crippen LogP) is 0.591. The summed E-state index contributed by atoms with van der Waals surface area (Å²) in [6, 6.07) is 6.17. The van der Waals surface area contributed by atoms with E-state index in [0.29, 0.717) is 5.69 Å². The quantitative estimate of drug-likeness (QED) is 0.643. The molecule has 3 nitrogen and oxygen atoms in total. The third-order valence-corrected chi connectivity index (χ3v) is 1.61. The molecule has 0 amide bonds. The summed E-state index contributed by atoms with van der Waals surface area (Å²) < 4.78 is 12.9. The molecule has 72 valence electrons. The van der Waals surface area contributed by atoms with Crippen LogP contribution < -0.4 is 5.32 Å². The molecule has 0 aliphatic heterocycles. The molecule has 0 spiro atoms. The molecule has 0 aliphatic carbocycles. The molecule has 0 heterocycles. The van der Waals surface area contributed by atoms with E-state index < -0.39 is 6.10 Å². The minimum Gasteiger partial charge on any atom is -0.394 e. The van der Waals surface area contributed by atoms with E-state index in [1.54, 1.807) is 18.2 Å². The highest BCUT2D eigenvalue weighted by Gasteiger charge is 2.03. The molecule has 1 aromatic rings. The summed E-state index contributed by atoms with van der Waals surface area (Å²) in [5.41, 5.74) is 0.329. The fourth-order valence-electron chi connectivity index (χ4n) is 0.897. The molecule has 0 radical (unpaired) electrons. The lowest BCUT2D eigenvalue weighted by Gasteiger charge is -2.10. The van der Waals surface area contributed by atoms with E-state index in [1.165, 1.54) is 6.07 Å². The molecule has 0 fully saturated rings. The Labute approximate surface area is 75.8 Å². The van der Waals surface area contributed by atoms with Crippen LogP contribution in [0.25, 0.3) is 0 Å². The van der Waals surface area contributed by atoms with Gasteiger partial charge in [0.2, 0.25) is 0 Å². The van der Waals surface area contributed by atoms with E-state index in [-0.39, 0.29) is 19.0 Å². The molecule has 3 N–H and O–H groups in total.